The molecule has 0 aliphatic carbocycles. The summed E-state index contributed by atoms with van der Waals surface area (Å²) in [5.41, 5.74) is 0.433. The van der Waals surface area contributed by atoms with Crippen molar-refractivity contribution in [3.63, 3.8) is 0 Å². The molecule has 2 N–H and O–H groups in total. The second-order valence-electron chi connectivity index (χ2n) is 5.90. The first-order valence-corrected chi connectivity index (χ1v) is 11.8. The summed E-state index contributed by atoms with van der Waals surface area (Å²) in [5, 5.41) is 0. The first-order chi connectivity index (χ1) is 11.6. The Labute approximate surface area is 171 Å². The van der Waals surface area contributed by atoms with Crippen LogP contribution in [0.4, 0.5) is 0 Å². The molecule has 0 aromatic rings. The summed E-state index contributed by atoms with van der Waals surface area (Å²) in [7, 11) is -3.34. The molecule has 0 aliphatic rings. The molecule has 25 heavy (non-hydrogen) atoms. The fourth-order valence-electron chi connectivity index (χ4n) is 1.91. The molecular weight excluding hydrogens is 355 g/mol. The molecule has 0 rings (SSSR count). The molecule has 146 valence electrons. The maximum absolute atomic E-state index is 10.2. The molecule has 0 amide bonds. The van der Waals surface area contributed by atoms with Crippen molar-refractivity contribution in [2.24, 2.45) is 0 Å². The number of esters is 1. The van der Waals surface area contributed by atoms with Gasteiger partial charge in [-0.25, -0.2) is 4.79 Å². The molecule has 0 unspecified atom stereocenters. The molecule has 0 radical (unpaired) electrons. The summed E-state index contributed by atoms with van der Waals surface area (Å²) in [4.78, 5) is 10.2. The quantitative estimate of drug-likeness (QED) is 0.176. The Morgan fingerprint density at radius 3 is 1.48 bits per heavy atom. The van der Waals surface area contributed by atoms with Gasteiger partial charge in [-0.3, -0.25) is 9.11 Å². The summed E-state index contributed by atoms with van der Waals surface area (Å²) in [6, 6.07) is 0. The Balaban J connectivity index is -0.000000337. The molecule has 0 spiro atoms. The molecule has 0 aliphatic heterocycles. The molecule has 8 heteroatoms. The van der Waals surface area contributed by atoms with E-state index in [9.17, 15) is 4.79 Å². The molecule has 0 saturated heterocycles. The fourth-order valence-corrected chi connectivity index (χ4v) is 2.41. The van der Waals surface area contributed by atoms with Gasteiger partial charge in [0.15, 0.2) is 0 Å². The molecule has 0 fully saturated rings. The van der Waals surface area contributed by atoms with Crippen LogP contribution in [0.5, 0.6) is 0 Å². The van der Waals surface area contributed by atoms with E-state index in [0.29, 0.717) is 5.57 Å². The Morgan fingerprint density at radius 2 is 1.28 bits per heavy atom. The molecule has 0 saturated carbocycles. The van der Waals surface area contributed by atoms with Crippen LogP contribution < -0.4 is 0 Å². The minimum absolute atomic E-state index is 0.347. The molecule has 0 atom stereocenters. The minimum atomic E-state index is -4.67. The van der Waals surface area contributed by atoms with Gasteiger partial charge in [0.1, 0.15) is 0 Å². The molecular formula is C17H35NaO6S. The van der Waals surface area contributed by atoms with Crippen molar-refractivity contribution in [3.05, 3.63) is 12.2 Å². The number of methoxy groups -OCH3 is 1. The van der Waals surface area contributed by atoms with Crippen LogP contribution in [-0.2, 0) is 19.9 Å². The number of hydrogen-bond donors (Lipinski definition) is 2. The monoisotopic (exact) mass is 390 g/mol. The van der Waals surface area contributed by atoms with E-state index < -0.39 is 10.4 Å². The van der Waals surface area contributed by atoms with Gasteiger partial charge in [-0.05, 0) is 6.92 Å². The van der Waals surface area contributed by atoms with Crippen molar-refractivity contribution in [1.82, 2.24) is 0 Å². The third kappa shape index (κ3) is 45.4. The van der Waals surface area contributed by atoms with Crippen LogP contribution in [0.25, 0.3) is 0 Å². The van der Waals surface area contributed by atoms with Crippen molar-refractivity contribution in [3.8, 4) is 0 Å². The number of rotatable bonds is 11. The second kappa shape index (κ2) is 22.1. The van der Waals surface area contributed by atoms with E-state index >= 15 is 0 Å². The van der Waals surface area contributed by atoms with Gasteiger partial charge in [-0.2, -0.15) is 8.42 Å². The smallest absolute Gasteiger partial charge is 0.264 e. The number of carbonyl (C=O) groups is 1. The predicted octanol–water partition coefficient (Wildman–Crippen LogP) is 4.58. The van der Waals surface area contributed by atoms with Crippen LogP contribution >= 0.6 is 0 Å². The van der Waals surface area contributed by atoms with Gasteiger partial charge in [0, 0.05) is 5.57 Å². The molecule has 0 aromatic carbocycles. The van der Waals surface area contributed by atoms with Crippen LogP contribution in [0.1, 0.15) is 78.1 Å². The summed E-state index contributed by atoms with van der Waals surface area (Å²) in [6.45, 7) is 7.24. The van der Waals surface area contributed by atoms with E-state index in [1.807, 2.05) is 0 Å². The Morgan fingerprint density at radius 1 is 0.960 bits per heavy atom. The van der Waals surface area contributed by atoms with Gasteiger partial charge >= 0.3 is 119 Å². The van der Waals surface area contributed by atoms with E-state index in [4.69, 9.17) is 17.5 Å². The Hall–Kier alpha value is 0.0800. The largest absolute Gasteiger partial charge is 0.394 e. The zero-order valence-electron chi connectivity index (χ0n) is 16.4. The summed E-state index contributed by atoms with van der Waals surface area (Å²) >= 11 is 1.41. The third-order valence-corrected chi connectivity index (χ3v) is 3.95. The number of ether oxygens (including phenoxy) is 1. The van der Waals surface area contributed by atoms with Crippen LogP contribution in [0.3, 0.4) is 0 Å². The molecule has 0 aromatic heterocycles. The van der Waals surface area contributed by atoms with Crippen molar-refractivity contribution in [1.29, 1.82) is 0 Å². The summed E-state index contributed by atoms with van der Waals surface area (Å²) in [5.74, 6) is -0.347. The van der Waals surface area contributed by atoms with E-state index in [1.54, 1.807) is 6.92 Å². The minimum Gasteiger partial charge on any atom is -0.264 e. The van der Waals surface area contributed by atoms with Gasteiger partial charge in [0.2, 0.25) is 0 Å². The van der Waals surface area contributed by atoms with Crippen LogP contribution in [-0.4, -0.2) is 58.5 Å². The standard InChI is InChI=1S/C12H25.C5H8O2.Na.H2O4S/c1-3-5-7-9-11-12-10-8-6-4-2;1-4(2)5(6)7-3;;1-5(2,3)4/h1,3-12H2,2H3;1H2,2-3H3;;(H2,1,2,3,4). The third-order valence-electron chi connectivity index (χ3n) is 3.24. The average Bonchev–Trinajstić information content (AvgIpc) is 2.51. The van der Waals surface area contributed by atoms with E-state index in [0.717, 1.165) is 0 Å². The predicted molar refractivity (Wildman–Crippen MR) is 103 cm³/mol. The average molecular weight is 391 g/mol. The van der Waals surface area contributed by atoms with Crippen LogP contribution in [0, 0.1) is 0 Å². The maximum atomic E-state index is 10.2. The molecule has 0 heterocycles. The topological polar surface area (TPSA) is 101 Å². The molecule has 0 bridgehead atoms. The maximum Gasteiger partial charge on any atom is 0.394 e. The first kappa shape index (κ1) is 29.8. The van der Waals surface area contributed by atoms with Gasteiger partial charge in [0.05, 0.1) is 7.11 Å². The van der Waals surface area contributed by atoms with Crippen LogP contribution in [0.15, 0.2) is 12.2 Å². The van der Waals surface area contributed by atoms with Crippen molar-refractivity contribution >= 4 is 44.3 Å². The second-order valence-corrected chi connectivity index (χ2v) is 7.80. The zero-order valence-corrected chi connectivity index (χ0v) is 19.2. The van der Waals surface area contributed by atoms with Crippen molar-refractivity contribution in [2.75, 3.05) is 7.11 Å². The van der Waals surface area contributed by atoms with Gasteiger partial charge < -0.3 is 4.74 Å². The number of unbranched alkanes of at least 4 members (excludes halogenated alkanes) is 9. The number of carbonyl (C=O) groups excluding carboxylic acids is 1. The Bertz CT molecular complexity index is 391. The summed E-state index contributed by atoms with van der Waals surface area (Å²) < 4.78 is 37.4. The Kier molecular flexibility index (Phi) is 26.4. The van der Waals surface area contributed by atoms with Crippen molar-refractivity contribution in [2.45, 2.75) is 81.7 Å². The van der Waals surface area contributed by atoms with Crippen molar-refractivity contribution < 1.29 is 27.1 Å². The van der Waals surface area contributed by atoms with Gasteiger partial charge in [0.25, 0.3) is 0 Å². The van der Waals surface area contributed by atoms with E-state index in [-0.39, 0.29) is 5.97 Å². The fraction of sp³-hybridized carbons (Fsp3) is 0.824. The van der Waals surface area contributed by atoms with Gasteiger partial charge in [-0.15, -0.1) is 0 Å². The van der Waals surface area contributed by atoms with E-state index in [1.165, 1.54) is 103 Å². The zero-order chi connectivity index (χ0) is 20.1. The van der Waals surface area contributed by atoms with Crippen LogP contribution in [0.2, 0.25) is 3.67 Å². The molecule has 6 nitrogen and oxygen atoms in total. The normalized spacial score (nSPS) is 10.0. The summed E-state index contributed by atoms with van der Waals surface area (Å²) in [6.07, 6.45) is 14.7. The SMILES string of the molecule is C=C(C)C(=O)OC.CCCCCCCCCCC[CH2][Na].O=S(=O)(O)O. The first-order valence-electron chi connectivity index (χ1n) is 9.03. The van der Waals surface area contributed by atoms with Gasteiger partial charge in [-0.1, -0.05) is 6.58 Å². The number of hydrogen-bond acceptors (Lipinski definition) is 4. The van der Waals surface area contributed by atoms with E-state index in [2.05, 4.69) is 18.2 Å².